The van der Waals surface area contributed by atoms with Crippen molar-refractivity contribution in [3.63, 3.8) is 0 Å². The summed E-state index contributed by atoms with van der Waals surface area (Å²) in [6, 6.07) is 10.2. The summed E-state index contributed by atoms with van der Waals surface area (Å²) in [7, 11) is 1.86. The van der Waals surface area contributed by atoms with Gasteiger partial charge in [-0.25, -0.2) is 0 Å². The number of carbonyl (C=O) groups is 1. The maximum atomic E-state index is 12.3. The Morgan fingerprint density at radius 2 is 2.15 bits per heavy atom. The van der Waals surface area contributed by atoms with Gasteiger partial charge in [-0.3, -0.25) is 9.69 Å². The number of carbonyl (C=O) groups excluding carboxylic acids is 1. The van der Waals surface area contributed by atoms with Crippen LogP contribution in [0.2, 0.25) is 0 Å². The zero-order chi connectivity index (χ0) is 14.5. The summed E-state index contributed by atoms with van der Waals surface area (Å²) in [4.78, 5) is 16.3. The molecule has 2 atom stereocenters. The highest BCUT2D eigenvalue weighted by molar-refractivity contribution is 5.78. The maximum absolute atomic E-state index is 12.3. The average Bonchev–Trinajstić information content (AvgIpc) is 2.94. The van der Waals surface area contributed by atoms with E-state index in [9.17, 15) is 4.79 Å². The first-order valence-electron chi connectivity index (χ1n) is 7.25. The molecule has 0 saturated carbocycles. The monoisotopic (exact) mass is 276 g/mol. The van der Waals surface area contributed by atoms with Crippen molar-refractivity contribution >= 4 is 5.91 Å². The van der Waals surface area contributed by atoms with Gasteiger partial charge in [0.15, 0.2) is 0 Å². The molecule has 1 heterocycles. The predicted octanol–water partition coefficient (Wildman–Crippen LogP) is 1.52. The zero-order valence-electron chi connectivity index (χ0n) is 12.3. The van der Waals surface area contributed by atoms with Crippen molar-refractivity contribution in [3.8, 4) is 0 Å². The van der Waals surface area contributed by atoms with Crippen LogP contribution in [0, 0.1) is 5.92 Å². The molecule has 1 aromatic carbocycles. The lowest BCUT2D eigenvalue weighted by Crippen LogP contribution is -2.38. The molecule has 0 radical (unpaired) electrons. The third-order valence-corrected chi connectivity index (χ3v) is 4.24. The third kappa shape index (κ3) is 3.58. The van der Waals surface area contributed by atoms with Crippen molar-refractivity contribution in [3.05, 3.63) is 35.9 Å². The molecule has 0 bridgehead atoms. The Bertz CT molecular complexity index is 435. The molecule has 1 aliphatic heterocycles. The number of aliphatic hydroxyl groups excluding tert-OH is 1. The topological polar surface area (TPSA) is 43.8 Å². The molecular formula is C16H24N2O2. The largest absolute Gasteiger partial charge is 0.396 e. The number of aliphatic hydroxyl groups is 1. The molecule has 1 saturated heterocycles. The summed E-state index contributed by atoms with van der Waals surface area (Å²) >= 11 is 0. The Morgan fingerprint density at radius 3 is 2.75 bits per heavy atom. The average molecular weight is 276 g/mol. The van der Waals surface area contributed by atoms with E-state index in [4.69, 9.17) is 5.11 Å². The van der Waals surface area contributed by atoms with Crippen LogP contribution in [0.4, 0.5) is 0 Å². The molecule has 1 amide bonds. The summed E-state index contributed by atoms with van der Waals surface area (Å²) in [5.41, 5.74) is 1.15. The number of hydrogen-bond donors (Lipinski definition) is 1. The number of benzene rings is 1. The van der Waals surface area contributed by atoms with Gasteiger partial charge in [0.2, 0.25) is 5.91 Å². The van der Waals surface area contributed by atoms with E-state index in [1.54, 1.807) is 0 Å². The summed E-state index contributed by atoms with van der Waals surface area (Å²) in [6.45, 7) is 4.46. The molecule has 1 N–H and O–H groups in total. The second-order valence-electron chi connectivity index (χ2n) is 5.66. The highest BCUT2D eigenvalue weighted by atomic mass is 16.3. The van der Waals surface area contributed by atoms with E-state index in [2.05, 4.69) is 4.90 Å². The number of hydrogen-bond acceptors (Lipinski definition) is 3. The van der Waals surface area contributed by atoms with Gasteiger partial charge in [0.25, 0.3) is 0 Å². The Kier molecular flexibility index (Phi) is 5.15. The number of likely N-dealkylation sites (tertiary alicyclic amines) is 1. The second kappa shape index (κ2) is 6.86. The lowest BCUT2D eigenvalue weighted by Gasteiger charge is -2.27. The number of amides is 1. The smallest absolute Gasteiger partial charge is 0.236 e. The molecular weight excluding hydrogens is 252 g/mol. The van der Waals surface area contributed by atoms with Crippen LogP contribution in [0.15, 0.2) is 30.3 Å². The molecule has 1 aliphatic rings. The fourth-order valence-electron chi connectivity index (χ4n) is 2.68. The standard InChI is InChI=1S/C16H24N2O2/c1-13(15-6-4-3-5-7-15)17(2)16(20)11-18-9-8-14(10-18)12-19/h3-7,13-14,19H,8-12H2,1-2H3. The van der Waals surface area contributed by atoms with Crippen LogP contribution in [-0.4, -0.2) is 54.1 Å². The van der Waals surface area contributed by atoms with E-state index < -0.39 is 0 Å². The van der Waals surface area contributed by atoms with Gasteiger partial charge in [0.05, 0.1) is 12.6 Å². The highest BCUT2D eigenvalue weighted by Crippen LogP contribution is 2.20. The minimum absolute atomic E-state index is 0.0833. The van der Waals surface area contributed by atoms with Gasteiger partial charge in [0, 0.05) is 20.2 Å². The van der Waals surface area contributed by atoms with Gasteiger partial charge < -0.3 is 10.0 Å². The molecule has 4 heteroatoms. The van der Waals surface area contributed by atoms with Crippen LogP contribution < -0.4 is 0 Å². The normalized spacial score (nSPS) is 20.9. The van der Waals surface area contributed by atoms with Gasteiger partial charge in [-0.1, -0.05) is 30.3 Å². The van der Waals surface area contributed by atoms with Crippen molar-refractivity contribution in [2.75, 3.05) is 33.3 Å². The van der Waals surface area contributed by atoms with Gasteiger partial charge in [-0.15, -0.1) is 0 Å². The summed E-state index contributed by atoms with van der Waals surface area (Å²) in [5.74, 6) is 0.472. The summed E-state index contributed by atoms with van der Waals surface area (Å²) in [5, 5.41) is 9.14. The van der Waals surface area contributed by atoms with Crippen molar-refractivity contribution in [1.82, 2.24) is 9.80 Å². The first kappa shape index (κ1) is 15.0. The number of likely N-dealkylation sites (N-methyl/N-ethyl adjacent to an activating group) is 1. The Balaban J connectivity index is 1.89. The fourth-order valence-corrected chi connectivity index (χ4v) is 2.68. The molecule has 2 unspecified atom stereocenters. The highest BCUT2D eigenvalue weighted by Gasteiger charge is 2.25. The minimum Gasteiger partial charge on any atom is -0.396 e. The van der Waals surface area contributed by atoms with E-state index in [-0.39, 0.29) is 18.6 Å². The van der Waals surface area contributed by atoms with Crippen molar-refractivity contribution in [2.45, 2.75) is 19.4 Å². The lowest BCUT2D eigenvalue weighted by atomic mass is 10.1. The molecule has 1 aromatic rings. The van der Waals surface area contributed by atoms with Crippen LogP contribution in [0.3, 0.4) is 0 Å². The first-order chi connectivity index (χ1) is 9.61. The number of nitrogens with zero attached hydrogens (tertiary/aromatic N) is 2. The molecule has 20 heavy (non-hydrogen) atoms. The summed E-state index contributed by atoms with van der Waals surface area (Å²) < 4.78 is 0. The van der Waals surface area contributed by atoms with Crippen molar-refractivity contribution in [2.24, 2.45) is 5.92 Å². The minimum atomic E-state index is 0.0833. The molecule has 0 aromatic heterocycles. The van der Waals surface area contributed by atoms with E-state index in [1.807, 2.05) is 49.2 Å². The van der Waals surface area contributed by atoms with Crippen LogP contribution in [0.1, 0.15) is 24.9 Å². The summed E-state index contributed by atoms with van der Waals surface area (Å²) in [6.07, 6.45) is 0.988. The quantitative estimate of drug-likeness (QED) is 0.887. The maximum Gasteiger partial charge on any atom is 0.236 e. The third-order valence-electron chi connectivity index (χ3n) is 4.24. The fraction of sp³-hybridized carbons (Fsp3) is 0.562. The van der Waals surface area contributed by atoms with E-state index in [1.165, 1.54) is 0 Å². The Morgan fingerprint density at radius 1 is 1.45 bits per heavy atom. The number of rotatable bonds is 5. The van der Waals surface area contributed by atoms with Gasteiger partial charge in [0.1, 0.15) is 0 Å². The Hall–Kier alpha value is -1.39. The molecule has 2 rings (SSSR count). The lowest BCUT2D eigenvalue weighted by molar-refractivity contribution is -0.132. The second-order valence-corrected chi connectivity index (χ2v) is 5.66. The SMILES string of the molecule is CC(c1ccccc1)N(C)C(=O)CN1CCC(CO)C1. The van der Waals surface area contributed by atoms with Gasteiger partial charge in [-0.2, -0.15) is 0 Å². The first-order valence-corrected chi connectivity index (χ1v) is 7.25. The molecule has 1 fully saturated rings. The van der Waals surface area contributed by atoms with Gasteiger partial charge in [-0.05, 0) is 31.4 Å². The molecule has 0 aliphatic carbocycles. The zero-order valence-corrected chi connectivity index (χ0v) is 12.3. The Labute approximate surface area is 121 Å². The van der Waals surface area contributed by atoms with E-state index in [0.717, 1.165) is 25.1 Å². The van der Waals surface area contributed by atoms with Crippen molar-refractivity contribution in [1.29, 1.82) is 0 Å². The van der Waals surface area contributed by atoms with E-state index in [0.29, 0.717) is 12.5 Å². The van der Waals surface area contributed by atoms with Gasteiger partial charge >= 0.3 is 0 Å². The molecule has 4 nitrogen and oxygen atoms in total. The van der Waals surface area contributed by atoms with Crippen LogP contribution in [0.25, 0.3) is 0 Å². The predicted molar refractivity (Wildman–Crippen MR) is 79.3 cm³/mol. The molecule has 0 spiro atoms. The van der Waals surface area contributed by atoms with Crippen molar-refractivity contribution < 1.29 is 9.90 Å². The van der Waals surface area contributed by atoms with E-state index >= 15 is 0 Å². The van der Waals surface area contributed by atoms with Crippen LogP contribution in [0.5, 0.6) is 0 Å². The molecule has 110 valence electrons. The van der Waals surface area contributed by atoms with Crippen LogP contribution >= 0.6 is 0 Å². The van der Waals surface area contributed by atoms with Crippen LogP contribution in [-0.2, 0) is 4.79 Å².